The monoisotopic (exact) mass is 478 g/mol. The number of aryl methyl sites for hydroxylation is 1. The van der Waals surface area contributed by atoms with Gasteiger partial charge in [0.05, 0.1) is 16.5 Å². The summed E-state index contributed by atoms with van der Waals surface area (Å²) in [5.41, 5.74) is 1.13. The summed E-state index contributed by atoms with van der Waals surface area (Å²) in [4.78, 5) is 38.3. The van der Waals surface area contributed by atoms with Crippen LogP contribution in [0.1, 0.15) is 34.7 Å². The van der Waals surface area contributed by atoms with Crippen LogP contribution in [0.15, 0.2) is 48.0 Å². The average molecular weight is 478 g/mol. The van der Waals surface area contributed by atoms with E-state index in [2.05, 4.69) is 10.2 Å². The van der Waals surface area contributed by atoms with Gasteiger partial charge in [-0.1, -0.05) is 23.5 Å². The molecule has 1 amide bonds. The first-order chi connectivity index (χ1) is 16.2. The molecule has 5 rings (SSSR count). The topological polar surface area (TPSA) is 136 Å². The Hall–Kier alpha value is -4.12. The van der Waals surface area contributed by atoms with Crippen molar-refractivity contribution in [3.8, 4) is 5.75 Å². The summed E-state index contributed by atoms with van der Waals surface area (Å²) in [6, 6.07) is 9.55. The van der Waals surface area contributed by atoms with Crippen molar-refractivity contribution >= 4 is 39.6 Å². The van der Waals surface area contributed by atoms with Crippen LogP contribution < -0.4 is 9.64 Å². The van der Waals surface area contributed by atoms with Crippen molar-refractivity contribution in [2.75, 3.05) is 4.90 Å². The summed E-state index contributed by atoms with van der Waals surface area (Å²) >= 11 is 1.10. The highest BCUT2D eigenvalue weighted by Gasteiger charge is 2.48. The molecule has 2 aromatic carbocycles. The summed E-state index contributed by atoms with van der Waals surface area (Å²) in [6.45, 7) is 3.63. The molecule has 2 unspecified atom stereocenters. The quantitative estimate of drug-likeness (QED) is 0.197. The molecule has 0 spiro atoms. The lowest BCUT2D eigenvalue weighted by Crippen LogP contribution is -2.29. The highest BCUT2D eigenvalue weighted by atomic mass is 32.1. The number of hydrogen-bond donors (Lipinski definition) is 1. The maximum absolute atomic E-state index is 13.2. The molecule has 172 valence electrons. The number of Topliss-reactive ketones (excluding diaryl/α,β-unsaturated/α-hetero) is 1. The molecule has 1 N–H and O–H groups in total. The van der Waals surface area contributed by atoms with Crippen LogP contribution in [0.25, 0.3) is 5.76 Å². The number of non-ortho nitro benzene ring substituents is 1. The smallest absolute Gasteiger partial charge is 0.301 e. The number of aromatic nitrogens is 2. The van der Waals surface area contributed by atoms with Crippen molar-refractivity contribution in [1.82, 2.24) is 10.2 Å². The first-order valence-corrected chi connectivity index (χ1v) is 11.2. The summed E-state index contributed by atoms with van der Waals surface area (Å²) in [5.74, 6) is -1.48. The van der Waals surface area contributed by atoms with Crippen molar-refractivity contribution in [2.24, 2.45) is 0 Å². The van der Waals surface area contributed by atoms with E-state index >= 15 is 0 Å². The first-order valence-electron chi connectivity index (χ1n) is 10.4. The van der Waals surface area contributed by atoms with Gasteiger partial charge >= 0.3 is 5.91 Å². The molecule has 0 saturated carbocycles. The SMILES string of the molecule is Cc1nnc(N2C(=O)C(=O)/C(=C(/O)c3ccc4c(c3)CC(C)O4)C2c2cccc([N+](=O)[O-])c2)s1. The number of carbonyl (C=O) groups excluding carboxylic acids is 2. The van der Waals surface area contributed by atoms with Crippen LogP contribution in [0.4, 0.5) is 10.8 Å². The number of ether oxygens (including phenoxy) is 1. The number of hydrogen-bond acceptors (Lipinski definition) is 9. The second kappa shape index (κ2) is 8.03. The Morgan fingerprint density at radius 3 is 2.74 bits per heavy atom. The molecule has 1 aromatic heterocycles. The minimum absolute atomic E-state index is 0.0107. The minimum atomic E-state index is -1.12. The van der Waals surface area contributed by atoms with E-state index in [1.807, 2.05) is 6.92 Å². The molecule has 2 aliphatic heterocycles. The number of nitro groups is 1. The lowest BCUT2D eigenvalue weighted by molar-refractivity contribution is -0.384. The van der Waals surface area contributed by atoms with E-state index in [1.54, 1.807) is 31.2 Å². The zero-order chi connectivity index (χ0) is 24.1. The van der Waals surface area contributed by atoms with E-state index in [0.717, 1.165) is 21.8 Å². The third-order valence-electron chi connectivity index (χ3n) is 5.73. The van der Waals surface area contributed by atoms with Crippen LogP contribution in [0.3, 0.4) is 0 Å². The third-order valence-corrected chi connectivity index (χ3v) is 6.57. The van der Waals surface area contributed by atoms with E-state index < -0.39 is 22.7 Å². The Balaban J connectivity index is 1.70. The highest BCUT2D eigenvalue weighted by Crippen LogP contribution is 2.44. The molecular formula is C23H18N4O6S. The molecule has 1 fully saturated rings. The van der Waals surface area contributed by atoms with Gasteiger partial charge in [-0.2, -0.15) is 0 Å². The van der Waals surface area contributed by atoms with Crippen molar-refractivity contribution in [3.05, 3.63) is 79.8 Å². The van der Waals surface area contributed by atoms with Gasteiger partial charge in [-0.3, -0.25) is 24.6 Å². The van der Waals surface area contributed by atoms with E-state index in [4.69, 9.17) is 4.74 Å². The number of anilines is 1. The van der Waals surface area contributed by atoms with Crippen LogP contribution in [0.2, 0.25) is 0 Å². The number of nitrogens with zero attached hydrogens (tertiary/aromatic N) is 4. The van der Waals surface area contributed by atoms with E-state index in [9.17, 15) is 24.8 Å². The average Bonchev–Trinajstić information content (AvgIpc) is 3.48. The molecular weight excluding hydrogens is 460 g/mol. The third kappa shape index (κ3) is 3.50. The molecule has 3 heterocycles. The molecule has 10 nitrogen and oxygen atoms in total. The maximum atomic E-state index is 13.2. The zero-order valence-corrected chi connectivity index (χ0v) is 18.9. The van der Waals surface area contributed by atoms with Crippen molar-refractivity contribution in [1.29, 1.82) is 0 Å². The molecule has 11 heteroatoms. The van der Waals surface area contributed by atoms with E-state index in [1.165, 1.54) is 18.2 Å². The van der Waals surface area contributed by atoms with Crippen LogP contribution in [0.5, 0.6) is 5.75 Å². The lowest BCUT2D eigenvalue weighted by Gasteiger charge is -2.22. The normalized spacial score (nSPS) is 20.9. The Labute approximate surface area is 197 Å². The number of fused-ring (bicyclic) bond motifs is 1. The van der Waals surface area contributed by atoms with Crippen LogP contribution in [-0.4, -0.2) is 38.0 Å². The molecule has 0 aliphatic carbocycles. The predicted octanol–water partition coefficient (Wildman–Crippen LogP) is 3.70. The second-order valence-electron chi connectivity index (χ2n) is 8.08. The van der Waals surface area contributed by atoms with Gasteiger partial charge in [-0.15, -0.1) is 10.2 Å². The van der Waals surface area contributed by atoms with Gasteiger partial charge in [0.2, 0.25) is 5.13 Å². The number of ketones is 1. The first kappa shape index (κ1) is 21.7. The van der Waals surface area contributed by atoms with Crippen molar-refractivity contribution in [2.45, 2.75) is 32.4 Å². The van der Waals surface area contributed by atoms with E-state index in [0.29, 0.717) is 28.3 Å². The van der Waals surface area contributed by atoms with Crippen LogP contribution >= 0.6 is 11.3 Å². The fraction of sp³-hybridized carbons (Fsp3) is 0.217. The molecule has 2 atom stereocenters. The number of rotatable bonds is 4. The van der Waals surface area contributed by atoms with E-state index in [-0.39, 0.29) is 28.3 Å². The van der Waals surface area contributed by atoms with Gasteiger partial charge < -0.3 is 9.84 Å². The zero-order valence-electron chi connectivity index (χ0n) is 18.1. The Morgan fingerprint density at radius 1 is 1.24 bits per heavy atom. The summed E-state index contributed by atoms with van der Waals surface area (Å²) in [5, 5.41) is 31.3. The Morgan fingerprint density at radius 2 is 2.03 bits per heavy atom. The molecule has 0 bridgehead atoms. The number of carbonyl (C=O) groups is 2. The fourth-order valence-corrected chi connectivity index (χ4v) is 4.98. The maximum Gasteiger partial charge on any atom is 0.301 e. The summed E-state index contributed by atoms with van der Waals surface area (Å²) < 4.78 is 5.70. The Kier molecular flexibility index (Phi) is 5.13. The number of benzene rings is 2. The molecule has 34 heavy (non-hydrogen) atoms. The number of aliphatic hydroxyl groups excluding tert-OH is 1. The number of amides is 1. The second-order valence-corrected chi connectivity index (χ2v) is 9.24. The van der Waals surface area contributed by atoms with Crippen molar-refractivity contribution < 1.29 is 24.4 Å². The van der Waals surface area contributed by atoms with Crippen LogP contribution in [-0.2, 0) is 16.0 Å². The summed E-state index contributed by atoms with van der Waals surface area (Å²) in [7, 11) is 0. The number of aliphatic hydroxyl groups is 1. The standard InChI is InChI=1S/C23H18N4O6S/c1-11-8-15-9-14(6-7-17(15)33-11)20(28)18-19(13-4-3-5-16(10-13)27(31)32)26(22(30)21(18)29)23-25-24-12(2)34-23/h3-7,9-11,19,28H,8H2,1-2H3/b20-18+. The predicted molar refractivity (Wildman–Crippen MR) is 123 cm³/mol. The Bertz CT molecular complexity index is 1400. The van der Waals surface area contributed by atoms with Gasteiger partial charge in [0.25, 0.3) is 11.5 Å². The van der Waals surface area contributed by atoms with Crippen LogP contribution in [0, 0.1) is 17.0 Å². The van der Waals surface area contributed by atoms with Gasteiger partial charge in [-0.25, -0.2) is 0 Å². The number of nitro benzene ring substituents is 1. The highest BCUT2D eigenvalue weighted by molar-refractivity contribution is 7.15. The fourth-order valence-electron chi connectivity index (χ4n) is 4.26. The van der Waals surface area contributed by atoms with Gasteiger partial charge in [-0.05, 0) is 43.2 Å². The minimum Gasteiger partial charge on any atom is -0.507 e. The molecule has 0 radical (unpaired) electrons. The summed E-state index contributed by atoms with van der Waals surface area (Å²) in [6.07, 6.45) is 0.631. The molecule has 2 aliphatic rings. The van der Waals surface area contributed by atoms with Gasteiger partial charge in [0.15, 0.2) is 0 Å². The van der Waals surface area contributed by atoms with Gasteiger partial charge in [0, 0.05) is 24.1 Å². The van der Waals surface area contributed by atoms with Gasteiger partial charge in [0.1, 0.15) is 22.6 Å². The van der Waals surface area contributed by atoms with Crippen molar-refractivity contribution in [3.63, 3.8) is 0 Å². The lowest BCUT2D eigenvalue weighted by atomic mass is 9.94. The largest absolute Gasteiger partial charge is 0.507 e. The molecule has 3 aromatic rings. The molecule has 1 saturated heterocycles.